The van der Waals surface area contributed by atoms with Crippen LogP contribution in [0, 0.1) is 13.8 Å². The molecule has 3 rings (SSSR count). The molecule has 152 valence electrons. The van der Waals surface area contributed by atoms with Gasteiger partial charge in [-0.15, -0.1) is 12.4 Å². The quantitative estimate of drug-likeness (QED) is 0.577. The van der Waals surface area contributed by atoms with Crippen LogP contribution in [0.1, 0.15) is 35.5 Å². The monoisotopic (exact) mass is 421 g/mol. The van der Waals surface area contributed by atoms with E-state index in [0.717, 1.165) is 46.1 Å². The smallest absolute Gasteiger partial charge is 0.278 e. The van der Waals surface area contributed by atoms with Crippen molar-refractivity contribution in [2.75, 3.05) is 31.1 Å². The molecular formula is C20H28ClN5OS. The van der Waals surface area contributed by atoms with Crippen molar-refractivity contribution in [1.29, 1.82) is 0 Å². The minimum Gasteiger partial charge on any atom is -0.302 e. The molecule has 0 atom stereocenters. The molecule has 2 heterocycles. The molecule has 0 saturated carbocycles. The molecule has 1 aromatic carbocycles. The van der Waals surface area contributed by atoms with E-state index < -0.39 is 0 Å². The highest BCUT2D eigenvalue weighted by Gasteiger charge is 2.25. The lowest BCUT2D eigenvalue weighted by Crippen LogP contribution is -2.39. The Bertz CT molecular complexity index is 928. The maximum atomic E-state index is 13.4. The highest BCUT2D eigenvalue weighted by Crippen LogP contribution is 2.31. The summed E-state index contributed by atoms with van der Waals surface area (Å²) in [5, 5.41) is 4.99. The van der Waals surface area contributed by atoms with E-state index in [1.54, 1.807) is 22.2 Å². The number of thiazole rings is 1. The Morgan fingerprint density at radius 1 is 1.14 bits per heavy atom. The van der Waals surface area contributed by atoms with Crippen LogP contribution in [0.25, 0.3) is 10.2 Å². The number of carbonyl (C=O) groups is 1. The highest BCUT2D eigenvalue weighted by atomic mass is 35.5. The van der Waals surface area contributed by atoms with E-state index >= 15 is 0 Å². The molecule has 1 amide bonds. The molecule has 0 aliphatic carbocycles. The van der Waals surface area contributed by atoms with E-state index in [1.165, 1.54) is 0 Å². The second-order valence-corrected chi connectivity index (χ2v) is 7.71. The zero-order chi connectivity index (χ0) is 19.6. The van der Waals surface area contributed by atoms with Crippen molar-refractivity contribution in [3.8, 4) is 0 Å². The summed E-state index contributed by atoms with van der Waals surface area (Å²) in [6.45, 7) is 11.6. The number of amides is 1. The van der Waals surface area contributed by atoms with E-state index in [2.05, 4.69) is 42.9 Å². The Morgan fingerprint density at radius 2 is 1.86 bits per heavy atom. The summed E-state index contributed by atoms with van der Waals surface area (Å²) in [7, 11) is 1.81. The van der Waals surface area contributed by atoms with Gasteiger partial charge in [-0.05, 0) is 44.1 Å². The Labute approximate surface area is 176 Å². The number of anilines is 1. The first kappa shape index (κ1) is 22.3. The first-order valence-electron chi connectivity index (χ1n) is 9.35. The van der Waals surface area contributed by atoms with Crippen LogP contribution in [0.15, 0.2) is 24.4 Å². The zero-order valence-electron chi connectivity index (χ0n) is 17.1. The zero-order valence-corrected chi connectivity index (χ0v) is 18.7. The number of fused-ring (bicyclic) bond motifs is 1. The molecule has 0 radical (unpaired) electrons. The highest BCUT2D eigenvalue weighted by molar-refractivity contribution is 7.22. The number of carbonyl (C=O) groups excluding carboxylic acids is 1. The normalized spacial score (nSPS) is 11.1. The third kappa shape index (κ3) is 4.37. The molecule has 6 nitrogen and oxygen atoms in total. The van der Waals surface area contributed by atoms with Crippen LogP contribution >= 0.6 is 23.7 Å². The summed E-state index contributed by atoms with van der Waals surface area (Å²) < 4.78 is 2.76. The number of benzene rings is 1. The van der Waals surface area contributed by atoms with Gasteiger partial charge in [0.1, 0.15) is 5.69 Å². The van der Waals surface area contributed by atoms with Gasteiger partial charge in [-0.1, -0.05) is 37.3 Å². The van der Waals surface area contributed by atoms with Crippen molar-refractivity contribution in [2.45, 2.75) is 27.7 Å². The average molecular weight is 422 g/mol. The fourth-order valence-corrected chi connectivity index (χ4v) is 4.31. The third-order valence-electron chi connectivity index (χ3n) is 4.94. The standard InChI is InChI=1S/C20H27N5OS.ClH/c1-6-24(7-2)11-12-25(19(26)18-15(4)13-21-23(18)5)20-22-17-14(3)9-8-10-16(17)27-20;/h8-10,13H,6-7,11-12H2,1-5H3;1H. The second kappa shape index (κ2) is 9.49. The van der Waals surface area contributed by atoms with E-state index in [0.29, 0.717) is 12.2 Å². The molecular weight excluding hydrogens is 394 g/mol. The van der Waals surface area contributed by atoms with Crippen LogP contribution < -0.4 is 4.90 Å². The van der Waals surface area contributed by atoms with Crippen molar-refractivity contribution in [3.63, 3.8) is 0 Å². The molecule has 2 aromatic heterocycles. The van der Waals surface area contributed by atoms with E-state index in [1.807, 2.05) is 24.9 Å². The summed E-state index contributed by atoms with van der Waals surface area (Å²) >= 11 is 1.57. The van der Waals surface area contributed by atoms with Gasteiger partial charge in [0.05, 0.1) is 16.4 Å². The van der Waals surface area contributed by atoms with Gasteiger partial charge in [0.25, 0.3) is 5.91 Å². The molecule has 0 fully saturated rings. The minimum absolute atomic E-state index is 0. The SMILES string of the molecule is CCN(CC)CCN(C(=O)c1c(C)cnn1C)c1nc2c(C)cccc2s1.Cl. The van der Waals surface area contributed by atoms with Gasteiger partial charge >= 0.3 is 0 Å². The van der Waals surface area contributed by atoms with Crippen LogP contribution in [0.3, 0.4) is 0 Å². The fraction of sp³-hybridized carbons (Fsp3) is 0.450. The van der Waals surface area contributed by atoms with Crippen LogP contribution in [-0.2, 0) is 7.05 Å². The molecule has 0 unspecified atom stereocenters. The second-order valence-electron chi connectivity index (χ2n) is 6.70. The number of aryl methyl sites for hydroxylation is 3. The van der Waals surface area contributed by atoms with Crippen molar-refractivity contribution < 1.29 is 4.79 Å². The third-order valence-corrected chi connectivity index (χ3v) is 5.99. The molecule has 0 bridgehead atoms. The average Bonchev–Trinajstić information content (AvgIpc) is 3.22. The fourth-order valence-electron chi connectivity index (χ4n) is 3.24. The van der Waals surface area contributed by atoms with E-state index in [9.17, 15) is 4.79 Å². The van der Waals surface area contributed by atoms with E-state index in [-0.39, 0.29) is 18.3 Å². The van der Waals surface area contributed by atoms with Crippen LogP contribution in [0.4, 0.5) is 5.13 Å². The summed E-state index contributed by atoms with van der Waals surface area (Å²) in [6.07, 6.45) is 1.73. The Kier molecular flexibility index (Phi) is 7.57. The van der Waals surface area contributed by atoms with Crippen LogP contribution in [0.5, 0.6) is 0 Å². The van der Waals surface area contributed by atoms with Gasteiger partial charge in [-0.3, -0.25) is 14.4 Å². The molecule has 0 saturated heterocycles. The lowest BCUT2D eigenvalue weighted by molar-refractivity contribution is 0.0974. The van der Waals surface area contributed by atoms with Crippen molar-refractivity contribution in [3.05, 3.63) is 41.2 Å². The van der Waals surface area contributed by atoms with Gasteiger partial charge in [0, 0.05) is 20.1 Å². The molecule has 0 aliphatic rings. The lowest BCUT2D eigenvalue weighted by Gasteiger charge is -2.25. The van der Waals surface area contributed by atoms with Gasteiger partial charge in [0.2, 0.25) is 0 Å². The van der Waals surface area contributed by atoms with Gasteiger partial charge < -0.3 is 4.90 Å². The van der Waals surface area contributed by atoms with Crippen molar-refractivity contribution >= 4 is 45.0 Å². The van der Waals surface area contributed by atoms with Crippen molar-refractivity contribution in [2.24, 2.45) is 7.05 Å². The predicted octanol–water partition coefficient (Wildman–Crippen LogP) is 4.06. The van der Waals surface area contributed by atoms with Gasteiger partial charge in [-0.25, -0.2) is 4.98 Å². The minimum atomic E-state index is -0.0450. The molecule has 3 aromatic rings. The topological polar surface area (TPSA) is 54.3 Å². The summed E-state index contributed by atoms with van der Waals surface area (Å²) in [5.74, 6) is -0.0450. The summed E-state index contributed by atoms with van der Waals surface area (Å²) in [6, 6.07) is 6.15. The summed E-state index contributed by atoms with van der Waals surface area (Å²) in [5.41, 5.74) is 3.60. The molecule has 8 heteroatoms. The number of rotatable bonds is 7. The van der Waals surface area contributed by atoms with E-state index in [4.69, 9.17) is 4.98 Å². The molecule has 0 aliphatic heterocycles. The largest absolute Gasteiger partial charge is 0.302 e. The number of hydrogen-bond acceptors (Lipinski definition) is 5. The number of aromatic nitrogens is 3. The summed E-state index contributed by atoms with van der Waals surface area (Å²) in [4.78, 5) is 22.3. The number of likely N-dealkylation sites (N-methyl/N-ethyl adjacent to an activating group) is 1. The predicted molar refractivity (Wildman–Crippen MR) is 119 cm³/mol. The number of nitrogens with zero attached hydrogens (tertiary/aromatic N) is 5. The van der Waals surface area contributed by atoms with Crippen molar-refractivity contribution in [1.82, 2.24) is 19.7 Å². The van der Waals surface area contributed by atoms with Gasteiger partial charge in [0.15, 0.2) is 5.13 Å². The molecule has 28 heavy (non-hydrogen) atoms. The molecule has 0 spiro atoms. The number of para-hydroxylation sites is 1. The first-order valence-corrected chi connectivity index (χ1v) is 10.2. The molecule has 0 N–H and O–H groups in total. The van der Waals surface area contributed by atoms with Gasteiger partial charge in [-0.2, -0.15) is 5.10 Å². The Morgan fingerprint density at radius 3 is 2.43 bits per heavy atom. The van der Waals surface area contributed by atoms with Crippen LogP contribution in [0.2, 0.25) is 0 Å². The maximum absolute atomic E-state index is 13.4. The first-order chi connectivity index (χ1) is 13.0. The van der Waals surface area contributed by atoms with Crippen LogP contribution in [-0.4, -0.2) is 51.8 Å². The number of hydrogen-bond donors (Lipinski definition) is 0. The Hall–Kier alpha value is -1.96. The lowest BCUT2D eigenvalue weighted by atomic mass is 10.2. The number of halogens is 1. The maximum Gasteiger partial charge on any atom is 0.278 e. The Balaban J connectivity index is 0.00000280.